The van der Waals surface area contributed by atoms with Crippen molar-refractivity contribution in [2.24, 2.45) is 5.92 Å². The van der Waals surface area contributed by atoms with Crippen molar-refractivity contribution in [1.29, 1.82) is 0 Å². The highest BCUT2D eigenvalue weighted by atomic mass is 32.1. The van der Waals surface area contributed by atoms with Crippen molar-refractivity contribution in [2.45, 2.75) is 18.9 Å². The predicted molar refractivity (Wildman–Crippen MR) is 91.9 cm³/mol. The van der Waals surface area contributed by atoms with Crippen molar-refractivity contribution in [1.82, 2.24) is 10.2 Å². The first-order valence-electron chi connectivity index (χ1n) is 8.12. The molecule has 23 heavy (non-hydrogen) atoms. The van der Waals surface area contributed by atoms with Gasteiger partial charge in [0.2, 0.25) is 0 Å². The van der Waals surface area contributed by atoms with Gasteiger partial charge in [-0.2, -0.15) is 0 Å². The summed E-state index contributed by atoms with van der Waals surface area (Å²) in [7, 11) is 0. The minimum atomic E-state index is -0.329. The fraction of sp³-hybridized carbons (Fsp3) is 0.389. The maximum absolute atomic E-state index is 12.2. The molecule has 4 nitrogen and oxygen atoms in total. The molecular formula is C18H20N2O2S. The number of hydrogen-bond acceptors (Lipinski definition) is 4. The van der Waals surface area contributed by atoms with Crippen LogP contribution in [0.3, 0.4) is 0 Å². The Labute approximate surface area is 140 Å². The summed E-state index contributed by atoms with van der Waals surface area (Å²) in [6.45, 7) is 3.30. The number of amides is 1. The molecule has 0 radical (unpaired) electrons. The molecule has 1 amide bonds. The van der Waals surface area contributed by atoms with Gasteiger partial charge in [0.25, 0.3) is 0 Å². The first-order chi connectivity index (χ1) is 11.3. The fourth-order valence-electron chi connectivity index (χ4n) is 3.55. The Morgan fingerprint density at radius 3 is 2.65 bits per heavy atom. The van der Waals surface area contributed by atoms with Crippen LogP contribution in [0.25, 0.3) is 11.1 Å². The third kappa shape index (κ3) is 3.26. The molecule has 1 aromatic heterocycles. The van der Waals surface area contributed by atoms with Gasteiger partial charge >= 0.3 is 6.09 Å². The number of rotatable bonds is 3. The van der Waals surface area contributed by atoms with Gasteiger partial charge in [-0.1, -0.05) is 30.3 Å². The lowest BCUT2D eigenvalue weighted by atomic mass is 9.84. The van der Waals surface area contributed by atoms with E-state index in [0.717, 1.165) is 17.7 Å². The van der Waals surface area contributed by atoms with Gasteiger partial charge in [0, 0.05) is 24.0 Å². The number of carbonyl (C=O) groups excluding carboxylic acids is 1. The van der Waals surface area contributed by atoms with E-state index in [-0.39, 0.29) is 12.1 Å². The summed E-state index contributed by atoms with van der Waals surface area (Å²) in [5.41, 5.74) is 2.22. The smallest absolute Gasteiger partial charge is 0.399 e. The van der Waals surface area contributed by atoms with Crippen LogP contribution >= 0.6 is 11.3 Å². The van der Waals surface area contributed by atoms with Gasteiger partial charge in [-0.3, -0.25) is 0 Å². The van der Waals surface area contributed by atoms with Gasteiger partial charge in [-0.15, -0.1) is 11.3 Å². The fourth-order valence-corrected chi connectivity index (χ4v) is 4.32. The van der Waals surface area contributed by atoms with Crippen molar-refractivity contribution in [3.05, 3.63) is 41.8 Å². The molecule has 0 saturated carbocycles. The Morgan fingerprint density at radius 2 is 1.96 bits per heavy atom. The molecule has 0 spiro atoms. The van der Waals surface area contributed by atoms with Gasteiger partial charge in [0.05, 0.1) is 0 Å². The highest BCUT2D eigenvalue weighted by Gasteiger charge is 2.35. The van der Waals surface area contributed by atoms with Crippen LogP contribution in [0, 0.1) is 5.92 Å². The van der Waals surface area contributed by atoms with Crippen molar-refractivity contribution >= 4 is 17.4 Å². The summed E-state index contributed by atoms with van der Waals surface area (Å²) in [6.07, 6.45) is 2.04. The topological polar surface area (TPSA) is 41.6 Å². The van der Waals surface area contributed by atoms with E-state index in [0.29, 0.717) is 11.0 Å². The Morgan fingerprint density at radius 1 is 1.17 bits per heavy atom. The maximum Gasteiger partial charge on any atom is 0.413 e. The number of hydrogen-bond donors (Lipinski definition) is 1. The second-order valence-electron chi connectivity index (χ2n) is 6.30. The van der Waals surface area contributed by atoms with Gasteiger partial charge in [-0.05, 0) is 43.0 Å². The molecule has 4 heterocycles. The van der Waals surface area contributed by atoms with Crippen LogP contribution < -0.4 is 10.1 Å². The molecular weight excluding hydrogens is 308 g/mol. The van der Waals surface area contributed by atoms with E-state index in [4.69, 9.17) is 4.74 Å². The molecule has 5 heteroatoms. The number of fused-ring (bicyclic) bond motifs is 3. The third-order valence-corrected chi connectivity index (χ3v) is 5.64. The highest BCUT2D eigenvalue weighted by molar-refractivity contribution is 7.12. The van der Waals surface area contributed by atoms with Crippen LogP contribution in [0.4, 0.5) is 4.79 Å². The molecule has 1 atom stereocenters. The molecule has 120 valence electrons. The summed E-state index contributed by atoms with van der Waals surface area (Å²) in [6, 6.07) is 12.3. The van der Waals surface area contributed by atoms with E-state index in [2.05, 4.69) is 22.3 Å². The Kier molecular flexibility index (Phi) is 4.06. The SMILES string of the molecule is O=C(N[C@H]1CN2CCC1CC2)Oc1cc(-c2ccccc2)cs1. The van der Waals surface area contributed by atoms with E-state index in [9.17, 15) is 4.79 Å². The van der Waals surface area contributed by atoms with E-state index in [1.54, 1.807) is 0 Å². The van der Waals surface area contributed by atoms with Crippen LogP contribution in [-0.4, -0.2) is 36.7 Å². The average Bonchev–Trinajstić information content (AvgIpc) is 3.05. The second kappa shape index (κ2) is 6.34. The quantitative estimate of drug-likeness (QED) is 0.936. The lowest BCUT2D eigenvalue weighted by Crippen LogP contribution is -2.57. The summed E-state index contributed by atoms with van der Waals surface area (Å²) in [4.78, 5) is 14.6. The first-order valence-corrected chi connectivity index (χ1v) is 9.00. The zero-order chi connectivity index (χ0) is 15.6. The van der Waals surface area contributed by atoms with Gasteiger partial charge < -0.3 is 15.0 Å². The summed E-state index contributed by atoms with van der Waals surface area (Å²) >= 11 is 1.46. The lowest BCUT2D eigenvalue weighted by molar-refractivity contribution is 0.0726. The Balaban J connectivity index is 1.37. The maximum atomic E-state index is 12.2. The van der Waals surface area contributed by atoms with Crippen molar-refractivity contribution in [2.75, 3.05) is 19.6 Å². The molecule has 2 bridgehead atoms. The van der Waals surface area contributed by atoms with E-state index < -0.39 is 0 Å². The largest absolute Gasteiger partial charge is 0.413 e. The third-order valence-electron chi connectivity index (χ3n) is 4.84. The molecule has 5 rings (SSSR count). The zero-order valence-electron chi connectivity index (χ0n) is 12.9. The molecule has 3 fully saturated rings. The Hall–Kier alpha value is -1.85. The van der Waals surface area contributed by atoms with Crippen LogP contribution in [-0.2, 0) is 0 Å². The van der Waals surface area contributed by atoms with Gasteiger partial charge in [0.15, 0.2) is 5.06 Å². The number of ether oxygens (including phenoxy) is 1. The number of nitrogens with one attached hydrogen (secondary N) is 1. The van der Waals surface area contributed by atoms with E-state index in [1.807, 2.05) is 29.6 Å². The Bertz CT molecular complexity index is 677. The molecule has 2 aromatic rings. The van der Waals surface area contributed by atoms with Crippen LogP contribution in [0.1, 0.15) is 12.8 Å². The molecule has 0 unspecified atom stereocenters. The molecule has 3 aliphatic rings. The molecule has 1 aromatic carbocycles. The van der Waals surface area contributed by atoms with Crippen LogP contribution in [0.15, 0.2) is 41.8 Å². The predicted octanol–water partition coefficient (Wildman–Crippen LogP) is 3.60. The first kappa shape index (κ1) is 14.7. The van der Waals surface area contributed by atoms with Crippen molar-refractivity contribution in [3.63, 3.8) is 0 Å². The standard InChI is InChI=1S/C18H20N2O2S/c21-18(19-16-11-20-8-6-14(16)7-9-20)22-17-10-15(12-23-17)13-4-2-1-3-5-13/h1-5,10,12,14,16H,6-9,11H2,(H,19,21)/t16-/m0/s1. The van der Waals surface area contributed by atoms with Gasteiger partial charge in [-0.25, -0.2) is 4.79 Å². The summed E-state index contributed by atoms with van der Waals surface area (Å²) < 4.78 is 5.48. The van der Waals surface area contributed by atoms with Crippen molar-refractivity contribution in [3.8, 4) is 16.2 Å². The number of piperidine rings is 3. The zero-order valence-corrected chi connectivity index (χ0v) is 13.7. The number of carbonyl (C=O) groups is 1. The minimum Gasteiger partial charge on any atom is -0.399 e. The average molecular weight is 328 g/mol. The van der Waals surface area contributed by atoms with Gasteiger partial charge in [0.1, 0.15) is 0 Å². The van der Waals surface area contributed by atoms with E-state index >= 15 is 0 Å². The molecule has 1 N–H and O–H groups in total. The lowest BCUT2D eigenvalue weighted by Gasteiger charge is -2.44. The number of thiophene rings is 1. The summed E-state index contributed by atoms with van der Waals surface area (Å²) in [5, 5.41) is 5.71. The molecule has 3 aliphatic heterocycles. The number of nitrogens with zero attached hydrogens (tertiary/aromatic N) is 1. The monoisotopic (exact) mass is 328 g/mol. The van der Waals surface area contributed by atoms with Crippen molar-refractivity contribution < 1.29 is 9.53 Å². The molecule has 3 saturated heterocycles. The van der Waals surface area contributed by atoms with E-state index in [1.165, 1.54) is 37.3 Å². The summed E-state index contributed by atoms with van der Waals surface area (Å²) in [5.74, 6) is 0.607. The minimum absolute atomic E-state index is 0.235. The van der Waals surface area contributed by atoms with Crippen LogP contribution in [0.5, 0.6) is 5.06 Å². The molecule has 0 aliphatic carbocycles. The normalized spacial score (nSPS) is 26.0. The number of benzene rings is 1. The highest BCUT2D eigenvalue weighted by Crippen LogP contribution is 2.31. The second-order valence-corrected chi connectivity index (χ2v) is 7.17. The van der Waals surface area contributed by atoms with Crippen LogP contribution in [0.2, 0.25) is 0 Å².